The monoisotopic (exact) mass is 410 g/mol. The first kappa shape index (κ1) is 21.5. The van der Waals surface area contributed by atoms with Gasteiger partial charge in [-0.15, -0.1) is 0 Å². The Balaban J connectivity index is 1.56. The summed E-state index contributed by atoms with van der Waals surface area (Å²) in [6, 6.07) is 3.01. The summed E-state index contributed by atoms with van der Waals surface area (Å²) >= 11 is 0. The van der Waals surface area contributed by atoms with Crippen LogP contribution in [0.15, 0.2) is 23.2 Å². The number of nitrogens with one attached hydrogen (secondary N) is 1. The Morgan fingerprint density at radius 3 is 2.43 bits per heavy atom. The van der Waals surface area contributed by atoms with E-state index in [4.69, 9.17) is 0 Å². The van der Waals surface area contributed by atoms with E-state index >= 15 is 0 Å². The molecule has 0 bridgehead atoms. The van der Waals surface area contributed by atoms with Crippen molar-refractivity contribution in [2.75, 3.05) is 37.6 Å². The molecule has 28 heavy (non-hydrogen) atoms. The van der Waals surface area contributed by atoms with E-state index in [2.05, 4.69) is 33.4 Å². The molecule has 2 heterocycles. The number of aromatic nitrogens is 1. The van der Waals surface area contributed by atoms with E-state index in [1.807, 2.05) is 0 Å². The second-order valence-corrected chi connectivity index (χ2v) is 9.76. The minimum Gasteiger partial charge on any atom is -0.391 e. The Morgan fingerprint density at radius 2 is 1.89 bits per heavy atom. The summed E-state index contributed by atoms with van der Waals surface area (Å²) in [5.74, 6) is 1.59. The van der Waals surface area contributed by atoms with Crippen LogP contribution in [0.2, 0.25) is 0 Å². The standard InChI is InChI=1S/C20H34N4O3S/c1-3-16(4-2)15-23-10-12-24(13-11-23)20-9-8-17(14-21-20)28(26,27)22-18-6-5-7-19(18)25/h8-9,14,16,18-19,22,25H,3-7,10-13,15H2,1-2H3/t18-,19-/m0/s1. The Hall–Kier alpha value is -1.22. The van der Waals surface area contributed by atoms with Crippen molar-refractivity contribution in [1.82, 2.24) is 14.6 Å². The summed E-state index contributed by atoms with van der Waals surface area (Å²) in [4.78, 5) is 9.30. The van der Waals surface area contributed by atoms with Crippen LogP contribution in [0.25, 0.3) is 0 Å². The lowest BCUT2D eigenvalue weighted by atomic mass is 10.0. The van der Waals surface area contributed by atoms with E-state index in [1.54, 1.807) is 12.1 Å². The Morgan fingerprint density at radius 1 is 1.18 bits per heavy atom. The number of piperazine rings is 1. The van der Waals surface area contributed by atoms with Crippen molar-refractivity contribution in [1.29, 1.82) is 0 Å². The van der Waals surface area contributed by atoms with Crippen LogP contribution in [0.3, 0.4) is 0 Å². The van der Waals surface area contributed by atoms with Gasteiger partial charge in [-0.25, -0.2) is 18.1 Å². The molecule has 2 aliphatic rings. The van der Waals surface area contributed by atoms with Gasteiger partial charge in [0.05, 0.1) is 6.10 Å². The van der Waals surface area contributed by atoms with Crippen molar-refractivity contribution in [3.63, 3.8) is 0 Å². The minimum atomic E-state index is -3.65. The second-order valence-electron chi connectivity index (χ2n) is 8.05. The van der Waals surface area contributed by atoms with Gasteiger partial charge in [-0.05, 0) is 37.3 Å². The lowest BCUT2D eigenvalue weighted by molar-refractivity contribution is 0.159. The molecular formula is C20H34N4O3S. The summed E-state index contributed by atoms with van der Waals surface area (Å²) in [5.41, 5.74) is 0. The summed E-state index contributed by atoms with van der Waals surface area (Å²) in [6.07, 6.45) is 5.43. The lowest BCUT2D eigenvalue weighted by Crippen LogP contribution is -2.48. The number of aliphatic hydroxyl groups excluding tert-OH is 1. The van der Waals surface area contributed by atoms with Crippen LogP contribution in [-0.4, -0.2) is 68.3 Å². The van der Waals surface area contributed by atoms with Crippen molar-refractivity contribution < 1.29 is 13.5 Å². The van der Waals surface area contributed by atoms with Crippen LogP contribution in [0.4, 0.5) is 5.82 Å². The Labute approximate surface area is 169 Å². The van der Waals surface area contributed by atoms with E-state index in [1.165, 1.54) is 19.0 Å². The first-order chi connectivity index (χ1) is 13.4. The highest BCUT2D eigenvalue weighted by atomic mass is 32.2. The number of rotatable bonds is 8. The van der Waals surface area contributed by atoms with E-state index in [9.17, 15) is 13.5 Å². The molecule has 0 aromatic carbocycles. The molecular weight excluding hydrogens is 376 g/mol. The fraction of sp³-hybridized carbons (Fsp3) is 0.750. The summed E-state index contributed by atoms with van der Waals surface area (Å²) in [7, 11) is -3.65. The van der Waals surface area contributed by atoms with Gasteiger partial charge in [-0.3, -0.25) is 4.90 Å². The van der Waals surface area contributed by atoms with Gasteiger partial charge in [0.15, 0.2) is 0 Å². The zero-order valence-corrected chi connectivity index (χ0v) is 17.9. The van der Waals surface area contributed by atoms with E-state index < -0.39 is 22.2 Å². The fourth-order valence-corrected chi connectivity index (χ4v) is 5.38. The second kappa shape index (κ2) is 9.52. The summed E-state index contributed by atoms with van der Waals surface area (Å²) in [6.45, 7) is 9.51. The number of sulfonamides is 1. The van der Waals surface area contributed by atoms with Crippen LogP contribution in [0, 0.1) is 5.92 Å². The first-order valence-electron chi connectivity index (χ1n) is 10.6. The number of hydrogen-bond donors (Lipinski definition) is 2. The molecule has 1 aromatic heterocycles. The number of nitrogens with zero attached hydrogens (tertiary/aromatic N) is 3. The van der Waals surface area contributed by atoms with Crippen LogP contribution in [0.1, 0.15) is 46.0 Å². The third-order valence-electron chi connectivity index (χ3n) is 6.18. The maximum atomic E-state index is 12.5. The molecule has 0 unspecified atom stereocenters. The molecule has 1 aliphatic carbocycles. The lowest BCUT2D eigenvalue weighted by Gasteiger charge is -2.36. The zero-order valence-electron chi connectivity index (χ0n) is 17.0. The molecule has 2 atom stereocenters. The van der Waals surface area contributed by atoms with E-state index in [0.29, 0.717) is 12.8 Å². The molecule has 7 nitrogen and oxygen atoms in total. The predicted octanol–water partition coefficient (Wildman–Crippen LogP) is 1.83. The van der Waals surface area contributed by atoms with E-state index in [-0.39, 0.29) is 4.90 Å². The molecule has 1 saturated heterocycles. The molecule has 8 heteroatoms. The van der Waals surface area contributed by atoms with Crippen LogP contribution in [0.5, 0.6) is 0 Å². The average molecular weight is 411 g/mol. The van der Waals surface area contributed by atoms with Gasteiger partial charge < -0.3 is 10.0 Å². The number of aliphatic hydroxyl groups is 1. The minimum absolute atomic E-state index is 0.155. The zero-order chi connectivity index (χ0) is 20.1. The normalized spacial score (nSPS) is 24.2. The molecule has 2 fully saturated rings. The molecule has 0 radical (unpaired) electrons. The molecule has 1 aliphatic heterocycles. The fourth-order valence-electron chi connectivity index (χ4n) is 4.14. The molecule has 0 amide bonds. The van der Waals surface area contributed by atoms with Crippen molar-refractivity contribution in [3.8, 4) is 0 Å². The molecule has 1 saturated carbocycles. The van der Waals surface area contributed by atoms with Gasteiger partial charge in [-0.1, -0.05) is 26.7 Å². The third-order valence-corrected chi connectivity index (χ3v) is 7.66. The molecule has 1 aromatic rings. The van der Waals surface area contributed by atoms with Crippen molar-refractivity contribution in [2.45, 2.75) is 63.0 Å². The van der Waals surface area contributed by atoms with Gasteiger partial charge >= 0.3 is 0 Å². The number of anilines is 1. The van der Waals surface area contributed by atoms with Crippen LogP contribution >= 0.6 is 0 Å². The van der Waals surface area contributed by atoms with Gasteiger partial charge in [-0.2, -0.15) is 0 Å². The Kier molecular flexibility index (Phi) is 7.31. The van der Waals surface area contributed by atoms with E-state index in [0.717, 1.165) is 50.9 Å². The highest BCUT2D eigenvalue weighted by Gasteiger charge is 2.30. The smallest absolute Gasteiger partial charge is 0.242 e. The van der Waals surface area contributed by atoms with Gasteiger partial charge in [0.25, 0.3) is 0 Å². The van der Waals surface area contributed by atoms with Crippen LogP contribution in [-0.2, 0) is 10.0 Å². The first-order valence-corrected chi connectivity index (χ1v) is 12.0. The van der Waals surface area contributed by atoms with Gasteiger partial charge in [0.1, 0.15) is 10.7 Å². The van der Waals surface area contributed by atoms with Crippen molar-refractivity contribution in [2.24, 2.45) is 5.92 Å². The quantitative estimate of drug-likeness (QED) is 0.680. The van der Waals surface area contributed by atoms with Crippen molar-refractivity contribution in [3.05, 3.63) is 18.3 Å². The van der Waals surface area contributed by atoms with Gasteiger partial charge in [0, 0.05) is 45.0 Å². The average Bonchev–Trinajstić information content (AvgIpc) is 3.10. The molecule has 158 valence electrons. The number of pyridine rings is 1. The number of hydrogen-bond acceptors (Lipinski definition) is 6. The summed E-state index contributed by atoms with van der Waals surface area (Å²) in [5, 5.41) is 9.87. The summed E-state index contributed by atoms with van der Waals surface area (Å²) < 4.78 is 27.7. The maximum absolute atomic E-state index is 12.5. The maximum Gasteiger partial charge on any atom is 0.242 e. The SMILES string of the molecule is CCC(CC)CN1CCN(c2ccc(S(=O)(=O)N[C@H]3CCC[C@@H]3O)cn2)CC1. The Bertz CT molecular complexity index is 713. The third kappa shape index (κ3) is 5.23. The highest BCUT2D eigenvalue weighted by Crippen LogP contribution is 2.22. The topological polar surface area (TPSA) is 85.8 Å². The van der Waals surface area contributed by atoms with Crippen LogP contribution < -0.4 is 9.62 Å². The molecule has 3 rings (SSSR count). The molecule has 2 N–H and O–H groups in total. The predicted molar refractivity (Wildman–Crippen MR) is 111 cm³/mol. The molecule has 0 spiro atoms. The highest BCUT2D eigenvalue weighted by molar-refractivity contribution is 7.89. The largest absolute Gasteiger partial charge is 0.391 e. The van der Waals surface area contributed by atoms with Gasteiger partial charge in [0.2, 0.25) is 10.0 Å². The van der Waals surface area contributed by atoms with Crippen molar-refractivity contribution >= 4 is 15.8 Å².